The highest BCUT2D eigenvalue weighted by molar-refractivity contribution is 5.49. The first-order valence-electron chi connectivity index (χ1n) is 8.01. The van der Waals surface area contributed by atoms with Gasteiger partial charge in [0.1, 0.15) is 0 Å². The molecule has 128 valence electrons. The molecule has 2 aromatic rings. The summed E-state index contributed by atoms with van der Waals surface area (Å²) < 4.78 is 38.6. The summed E-state index contributed by atoms with van der Waals surface area (Å²) in [5.41, 5.74) is 1.20. The molecule has 1 aliphatic rings. The molecule has 1 aromatic heterocycles. The molecule has 3 rings (SSSR count). The van der Waals surface area contributed by atoms with Gasteiger partial charge in [0.15, 0.2) is 0 Å². The smallest absolute Gasteiger partial charge is 0.369 e. The molecule has 24 heavy (non-hydrogen) atoms. The SMILES string of the molecule is CC(c1cccnc1)N1CCN(c2cccc(C(F)(F)F)c2)CC1. The van der Waals surface area contributed by atoms with E-state index < -0.39 is 11.7 Å². The van der Waals surface area contributed by atoms with Crippen molar-refractivity contribution in [2.45, 2.75) is 19.1 Å². The Kier molecular flexibility index (Phi) is 4.76. The minimum atomic E-state index is -4.30. The van der Waals surface area contributed by atoms with Gasteiger partial charge in [-0.15, -0.1) is 0 Å². The summed E-state index contributed by atoms with van der Waals surface area (Å²) in [6.45, 7) is 5.19. The molecule has 3 nitrogen and oxygen atoms in total. The van der Waals surface area contributed by atoms with E-state index in [0.717, 1.165) is 24.7 Å². The number of benzene rings is 1. The summed E-state index contributed by atoms with van der Waals surface area (Å²) in [6.07, 6.45) is -0.682. The third kappa shape index (κ3) is 3.70. The molecule has 2 heterocycles. The van der Waals surface area contributed by atoms with Crippen LogP contribution in [0.4, 0.5) is 18.9 Å². The quantitative estimate of drug-likeness (QED) is 0.846. The minimum absolute atomic E-state index is 0.252. The van der Waals surface area contributed by atoms with E-state index in [1.807, 2.05) is 17.2 Å². The maximum atomic E-state index is 12.9. The summed E-state index contributed by atoms with van der Waals surface area (Å²) in [7, 11) is 0. The second kappa shape index (κ2) is 6.81. The number of aromatic nitrogens is 1. The van der Waals surface area contributed by atoms with Gasteiger partial charge in [-0.05, 0) is 36.8 Å². The van der Waals surface area contributed by atoms with Gasteiger partial charge >= 0.3 is 6.18 Å². The molecule has 0 N–H and O–H groups in total. The van der Waals surface area contributed by atoms with Crippen molar-refractivity contribution in [3.8, 4) is 0 Å². The number of pyridine rings is 1. The van der Waals surface area contributed by atoms with Gasteiger partial charge < -0.3 is 4.90 Å². The topological polar surface area (TPSA) is 19.4 Å². The maximum absolute atomic E-state index is 12.9. The first kappa shape index (κ1) is 16.8. The lowest BCUT2D eigenvalue weighted by Gasteiger charge is -2.39. The molecule has 0 amide bonds. The lowest BCUT2D eigenvalue weighted by molar-refractivity contribution is -0.137. The first-order valence-corrected chi connectivity index (χ1v) is 8.01. The van der Waals surface area contributed by atoms with Crippen molar-refractivity contribution in [1.82, 2.24) is 9.88 Å². The molecule has 1 fully saturated rings. The van der Waals surface area contributed by atoms with Crippen molar-refractivity contribution < 1.29 is 13.2 Å². The van der Waals surface area contributed by atoms with Crippen molar-refractivity contribution in [3.63, 3.8) is 0 Å². The standard InChI is InChI=1S/C18H20F3N3/c1-14(15-4-3-7-22-13-15)23-8-10-24(11-9-23)17-6-2-5-16(12-17)18(19,20)21/h2-7,12-14H,8-11H2,1H3. The lowest BCUT2D eigenvalue weighted by Crippen LogP contribution is -2.47. The zero-order valence-corrected chi connectivity index (χ0v) is 13.5. The fraction of sp³-hybridized carbons (Fsp3) is 0.389. The molecule has 0 aliphatic carbocycles. The molecule has 1 aromatic carbocycles. The van der Waals surface area contributed by atoms with Gasteiger partial charge in [-0.25, -0.2) is 0 Å². The Hall–Kier alpha value is -2.08. The van der Waals surface area contributed by atoms with Crippen LogP contribution < -0.4 is 4.90 Å². The molecule has 6 heteroatoms. The van der Waals surface area contributed by atoms with Crippen molar-refractivity contribution in [1.29, 1.82) is 0 Å². The minimum Gasteiger partial charge on any atom is -0.369 e. The van der Waals surface area contributed by atoms with Crippen LogP contribution in [-0.2, 0) is 6.18 Å². The van der Waals surface area contributed by atoms with Crippen molar-refractivity contribution in [3.05, 3.63) is 59.9 Å². The Morgan fingerprint density at radius 2 is 1.79 bits per heavy atom. The number of rotatable bonds is 3. The van der Waals surface area contributed by atoms with E-state index in [1.54, 1.807) is 12.3 Å². The lowest BCUT2D eigenvalue weighted by atomic mass is 10.1. The van der Waals surface area contributed by atoms with E-state index >= 15 is 0 Å². The molecule has 0 radical (unpaired) electrons. The normalized spacial score (nSPS) is 17.8. The Morgan fingerprint density at radius 1 is 1.04 bits per heavy atom. The van der Waals surface area contributed by atoms with E-state index in [9.17, 15) is 13.2 Å². The second-order valence-electron chi connectivity index (χ2n) is 6.03. The van der Waals surface area contributed by atoms with Crippen LogP contribution in [0.5, 0.6) is 0 Å². The third-order valence-corrected chi connectivity index (χ3v) is 4.57. The molecule has 0 saturated carbocycles. The average Bonchev–Trinajstić information content (AvgIpc) is 2.61. The highest BCUT2D eigenvalue weighted by Gasteiger charge is 2.31. The van der Waals surface area contributed by atoms with Crippen molar-refractivity contribution in [2.24, 2.45) is 0 Å². The molecule has 1 aliphatic heterocycles. The molecular formula is C18H20F3N3. The summed E-state index contributed by atoms with van der Waals surface area (Å²) in [5, 5.41) is 0. The number of hydrogen-bond donors (Lipinski definition) is 0. The highest BCUT2D eigenvalue weighted by atomic mass is 19.4. The number of piperazine rings is 1. The molecule has 1 unspecified atom stereocenters. The average molecular weight is 335 g/mol. The van der Waals surface area contributed by atoms with Crippen molar-refractivity contribution >= 4 is 5.69 Å². The Labute approximate surface area is 139 Å². The number of hydrogen-bond acceptors (Lipinski definition) is 3. The summed E-state index contributed by atoms with van der Waals surface area (Å²) >= 11 is 0. The van der Waals surface area contributed by atoms with Crippen LogP contribution in [-0.4, -0.2) is 36.1 Å². The Morgan fingerprint density at radius 3 is 2.42 bits per heavy atom. The van der Waals surface area contributed by atoms with E-state index in [0.29, 0.717) is 18.8 Å². The van der Waals surface area contributed by atoms with E-state index in [4.69, 9.17) is 0 Å². The van der Waals surface area contributed by atoms with E-state index in [1.165, 1.54) is 12.1 Å². The zero-order chi connectivity index (χ0) is 17.2. The summed E-state index contributed by atoms with van der Waals surface area (Å²) in [6, 6.07) is 9.80. The number of nitrogens with zero attached hydrogens (tertiary/aromatic N) is 3. The summed E-state index contributed by atoms with van der Waals surface area (Å²) in [5.74, 6) is 0. The van der Waals surface area contributed by atoms with Gasteiger partial charge in [-0.3, -0.25) is 9.88 Å². The molecule has 1 saturated heterocycles. The van der Waals surface area contributed by atoms with Gasteiger partial charge in [0.2, 0.25) is 0 Å². The van der Waals surface area contributed by atoms with Crippen LogP contribution in [0.25, 0.3) is 0 Å². The van der Waals surface area contributed by atoms with Gasteiger partial charge in [-0.1, -0.05) is 12.1 Å². The highest BCUT2D eigenvalue weighted by Crippen LogP contribution is 2.32. The van der Waals surface area contributed by atoms with Crippen LogP contribution in [0.1, 0.15) is 24.1 Å². The second-order valence-corrected chi connectivity index (χ2v) is 6.03. The van der Waals surface area contributed by atoms with Crippen LogP contribution in [0, 0.1) is 0 Å². The first-order chi connectivity index (χ1) is 11.4. The number of anilines is 1. The predicted molar refractivity (Wildman–Crippen MR) is 87.9 cm³/mol. The van der Waals surface area contributed by atoms with E-state index in [-0.39, 0.29) is 6.04 Å². The molecular weight excluding hydrogens is 315 g/mol. The molecule has 0 spiro atoms. The van der Waals surface area contributed by atoms with Crippen LogP contribution >= 0.6 is 0 Å². The summed E-state index contributed by atoms with van der Waals surface area (Å²) in [4.78, 5) is 8.50. The monoisotopic (exact) mass is 335 g/mol. The Bertz CT molecular complexity index is 665. The zero-order valence-electron chi connectivity index (χ0n) is 13.5. The van der Waals surface area contributed by atoms with Crippen molar-refractivity contribution in [2.75, 3.05) is 31.1 Å². The van der Waals surface area contributed by atoms with Crippen LogP contribution in [0.15, 0.2) is 48.8 Å². The van der Waals surface area contributed by atoms with Crippen LogP contribution in [0.2, 0.25) is 0 Å². The Balaban J connectivity index is 1.65. The number of halogens is 3. The fourth-order valence-electron chi connectivity index (χ4n) is 3.08. The maximum Gasteiger partial charge on any atom is 0.416 e. The van der Waals surface area contributed by atoms with E-state index in [2.05, 4.69) is 22.9 Å². The number of alkyl halides is 3. The molecule has 1 atom stereocenters. The molecule has 0 bridgehead atoms. The van der Waals surface area contributed by atoms with Gasteiger partial charge in [0.25, 0.3) is 0 Å². The fourth-order valence-corrected chi connectivity index (χ4v) is 3.08. The van der Waals surface area contributed by atoms with Gasteiger partial charge in [0.05, 0.1) is 5.56 Å². The van der Waals surface area contributed by atoms with Gasteiger partial charge in [-0.2, -0.15) is 13.2 Å². The predicted octanol–water partition coefficient (Wildman–Crippen LogP) is 3.98. The third-order valence-electron chi connectivity index (χ3n) is 4.57. The largest absolute Gasteiger partial charge is 0.416 e. The van der Waals surface area contributed by atoms with Crippen LogP contribution in [0.3, 0.4) is 0 Å². The van der Waals surface area contributed by atoms with Gasteiger partial charge in [0, 0.05) is 50.3 Å².